The van der Waals surface area contributed by atoms with Crippen molar-refractivity contribution in [1.29, 1.82) is 0 Å². The summed E-state index contributed by atoms with van der Waals surface area (Å²) in [5, 5.41) is 0. The third kappa shape index (κ3) is 3.05. The Balaban J connectivity index is 1.82. The Morgan fingerprint density at radius 1 is 1.22 bits per heavy atom. The molecule has 1 aromatic heterocycles. The minimum atomic E-state index is -0.513. The summed E-state index contributed by atoms with van der Waals surface area (Å²) < 4.78 is 5.52. The highest BCUT2D eigenvalue weighted by atomic mass is 16.3. The zero-order chi connectivity index (χ0) is 16.4. The van der Waals surface area contributed by atoms with Gasteiger partial charge in [0.2, 0.25) is 5.91 Å². The number of benzene rings is 1. The number of hydrogen-bond acceptors (Lipinski definition) is 2. The summed E-state index contributed by atoms with van der Waals surface area (Å²) in [5.41, 5.74) is 3.01. The molecule has 23 heavy (non-hydrogen) atoms. The Morgan fingerprint density at radius 2 is 1.96 bits per heavy atom. The molecule has 1 aromatic carbocycles. The quantitative estimate of drug-likeness (QED) is 0.855. The highest BCUT2D eigenvalue weighted by molar-refractivity contribution is 5.87. The van der Waals surface area contributed by atoms with Crippen molar-refractivity contribution in [2.24, 2.45) is 0 Å². The van der Waals surface area contributed by atoms with Gasteiger partial charge in [-0.3, -0.25) is 4.79 Å². The number of rotatable bonds is 3. The molecule has 2 aromatic rings. The van der Waals surface area contributed by atoms with Crippen LogP contribution in [0.15, 0.2) is 41.0 Å². The van der Waals surface area contributed by atoms with Crippen LogP contribution in [0.4, 0.5) is 0 Å². The molecule has 0 N–H and O–H groups in total. The lowest BCUT2D eigenvalue weighted by molar-refractivity contribution is -0.136. The standard InChI is InChI=1S/C20H25NO2/c1-4-15-7-9-17(10-8-15)20(2,3)19(22)21-12-5-6-18-16(14-21)11-13-23-18/h7-11,13H,4-6,12,14H2,1-3H3. The monoisotopic (exact) mass is 311 g/mol. The van der Waals surface area contributed by atoms with Crippen LogP contribution in [0.25, 0.3) is 0 Å². The van der Waals surface area contributed by atoms with Crippen molar-refractivity contribution in [2.75, 3.05) is 6.54 Å². The maximum atomic E-state index is 13.2. The molecule has 0 saturated carbocycles. The van der Waals surface area contributed by atoms with Gasteiger partial charge in [0.25, 0.3) is 0 Å². The van der Waals surface area contributed by atoms with E-state index >= 15 is 0 Å². The van der Waals surface area contributed by atoms with Gasteiger partial charge in [-0.15, -0.1) is 0 Å². The van der Waals surface area contributed by atoms with Crippen LogP contribution in [0.3, 0.4) is 0 Å². The molecule has 0 spiro atoms. The summed E-state index contributed by atoms with van der Waals surface area (Å²) in [6.07, 6.45) is 4.62. The summed E-state index contributed by atoms with van der Waals surface area (Å²) in [7, 11) is 0. The van der Waals surface area contributed by atoms with Gasteiger partial charge in [-0.1, -0.05) is 31.2 Å². The number of fused-ring (bicyclic) bond motifs is 1. The molecule has 0 atom stereocenters. The van der Waals surface area contributed by atoms with Gasteiger partial charge in [-0.2, -0.15) is 0 Å². The zero-order valence-corrected chi connectivity index (χ0v) is 14.3. The molecule has 0 bridgehead atoms. The van der Waals surface area contributed by atoms with Gasteiger partial charge in [-0.05, 0) is 43.9 Å². The van der Waals surface area contributed by atoms with E-state index in [4.69, 9.17) is 4.42 Å². The molecule has 3 nitrogen and oxygen atoms in total. The van der Waals surface area contributed by atoms with Crippen molar-refractivity contribution in [2.45, 2.75) is 52.0 Å². The first-order valence-corrected chi connectivity index (χ1v) is 8.46. The molecule has 2 heterocycles. The molecule has 1 aliphatic rings. The van der Waals surface area contributed by atoms with E-state index in [2.05, 4.69) is 31.2 Å². The van der Waals surface area contributed by atoms with Gasteiger partial charge < -0.3 is 9.32 Å². The van der Waals surface area contributed by atoms with Crippen molar-refractivity contribution >= 4 is 5.91 Å². The van der Waals surface area contributed by atoms with E-state index in [9.17, 15) is 4.79 Å². The topological polar surface area (TPSA) is 33.5 Å². The number of hydrogen-bond donors (Lipinski definition) is 0. The van der Waals surface area contributed by atoms with Crippen LogP contribution in [0.1, 0.15) is 49.6 Å². The van der Waals surface area contributed by atoms with Crippen molar-refractivity contribution in [3.63, 3.8) is 0 Å². The van der Waals surface area contributed by atoms with Crippen molar-refractivity contribution < 1.29 is 9.21 Å². The average Bonchev–Trinajstić information content (AvgIpc) is 2.91. The van der Waals surface area contributed by atoms with Crippen LogP contribution in [0.2, 0.25) is 0 Å². The maximum absolute atomic E-state index is 13.2. The van der Waals surface area contributed by atoms with Gasteiger partial charge in [0.1, 0.15) is 5.76 Å². The van der Waals surface area contributed by atoms with E-state index < -0.39 is 5.41 Å². The van der Waals surface area contributed by atoms with E-state index in [0.29, 0.717) is 6.54 Å². The number of nitrogens with zero attached hydrogens (tertiary/aromatic N) is 1. The molecule has 3 heteroatoms. The fourth-order valence-corrected chi connectivity index (χ4v) is 3.29. The second kappa shape index (κ2) is 6.23. The molecule has 122 valence electrons. The fraction of sp³-hybridized carbons (Fsp3) is 0.450. The SMILES string of the molecule is CCc1ccc(C(C)(C)C(=O)N2CCCc3occc3C2)cc1. The number of furan rings is 1. The van der Waals surface area contributed by atoms with Gasteiger partial charge in [0.15, 0.2) is 0 Å². The molecule has 0 aliphatic carbocycles. The number of amides is 1. The lowest BCUT2D eigenvalue weighted by Gasteiger charge is -2.31. The van der Waals surface area contributed by atoms with E-state index in [1.807, 2.05) is 24.8 Å². The molecule has 1 amide bonds. The Hall–Kier alpha value is -2.03. The second-order valence-electron chi connectivity index (χ2n) is 6.87. The van der Waals surface area contributed by atoms with Gasteiger partial charge in [0, 0.05) is 25.1 Å². The number of carbonyl (C=O) groups excluding carboxylic acids is 1. The zero-order valence-electron chi connectivity index (χ0n) is 14.3. The minimum absolute atomic E-state index is 0.191. The smallest absolute Gasteiger partial charge is 0.232 e. The first kappa shape index (κ1) is 15.9. The number of carbonyl (C=O) groups is 1. The van der Waals surface area contributed by atoms with Gasteiger partial charge >= 0.3 is 0 Å². The summed E-state index contributed by atoms with van der Waals surface area (Å²) in [6.45, 7) is 7.64. The maximum Gasteiger partial charge on any atom is 0.232 e. The van der Waals surface area contributed by atoms with Crippen LogP contribution in [-0.2, 0) is 29.6 Å². The van der Waals surface area contributed by atoms with E-state index in [1.165, 1.54) is 5.56 Å². The van der Waals surface area contributed by atoms with Crippen molar-refractivity contribution in [3.05, 3.63) is 59.0 Å². The molecular formula is C20H25NO2. The molecular weight excluding hydrogens is 286 g/mol. The fourth-order valence-electron chi connectivity index (χ4n) is 3.29. The Kier molecular flexibility index (Phi) is 4.29. The third-order valence-corrected chi connectivity index (χ3v) is 4.94. The minimum Gasteiger partial charge on any atom is -0.469 e. The molecule has 0 saturated heterocycles. The first-order chi connectivity index (χ1) is 11.0. The Bertz CT molecular complexity index is 682. The lowest BCUT2D eigenvalue weighted by Crippen LogP contribution is -2.43. The van der Waals surface area contributed by atoms with E-state index in [-0.39, 0.29) is 5.91 Å². The van der Waals surface area contributed by atoms with Crippen LogP contribution in [-0.4, -0.2) is 17.4 Å². The van der Waals surface area contributed by atoms with Crippen LogP contribution in [0.5, 0.6) is 0 Å². The predicted molar refractivity (Wildman–Crippen MR) is 91.3 cm³/mol. The lowest BCUT2D eigenvalue weighted by atomic mass is 9.82. The predicted octanol–water partition coefficient (Wildman–Crippen LogP) is 4.09. The van der Waals surface area contributed by atoms with Crippen LogP contribution < -0.4 is 0 Å². The summed E-state index contributed by atoms with van der Waals surface area (Å²) in [6, 6.07) is 10.4. The normalized spacial score (nSPS) is 15.2. The highest BCUT2D eigenvalue weighted by Gasteiger charge is 2.34. The molecule has 0 unspecified atom stereocenters. The number of aryl methyl sites for hydroxylation is 2. The van der Waals surface area contributed by atoms with Crippen LogP contribution in [0, 0.1) is 0 Å². The molecule has 0 fully saturated rings. The summed E-state index contributed by atoms with van der Waals surface area (Å²) >= 11 is 0. The first-order valence-electron chi connectivity index (χ1n) is 8.46. The Labute approximate surface area is 138 Å². The second-order valence-corrected chi connectivity index (χ2v) is 6.87. The third-order valence-electron chi connectivity index (χ3n) is 4.94. The summed E-state index contributed by atoms with van der Waals surface area (Å²) in [5.74, 6) is 1.22. The van der Waals surface area contributed by atoms with E-state index in [1.54, 1.807) is 6.26 Å². The van der Waals surface area contributed by atoms with Gasteiger partial charge in [0.05, 0.1) is 11.7 Å². The Morgan fingerprint density at radius 3 is 2.65 bits per heavy atom. The summed E-state index contributed by atoms with van der Waals surface area (Å²) in [4.78, 5) is 15.1. The van der Waals surface area contributed by atoms with E-state index in [0.717, 1.165) is 42.7 Å². The van der Waals surface area contributed by atoms with Crippen molar-refractivity contribution in [3.8, 4) is 0 Å². The van der Waals surface area contributed by atoms with Crippen molar-refractivity contribution in [1.82, 2.24) is 4.90 Å². The average molecular weight is 311 g/mol. The molecule has 3 rings (SSSR count). The van der Waals surface area contributed by atoms with Crippen LogP contribution >= 0.6 is 0 Å². The molecule has 0 radical (unpaired) electrons. The highest BCUT2D eigenvalue weighted by Crippen LogP contribution is 2.29. The van der Waals surface area contributed by atoms with Gasteiger partial charge in [-0.25, -0.2) is 0 Å². The molecule has 1 aliphatic heterocycles. The largest absolute Gasteiger partial charge is 0.469 e.